The first-order valence-electron chi connectivity index (χ1n) is 11.7. The van der Waals surface area contributed by atoms with Gasteiger partial charge in [-0.3, -0.25) is 20.4 Å². The van der Waals surface area contributed by atoms with E-state index in [1.165, 1.54) is 11.3 Å². The first-order chi connectivity index (χ1) is 17.6. The van der Waals surface area contributed by atoms with Gasteiger partial charge in [0.2, 0.25) is 5.91 Å². The summed E-state index contributed by atoms with van der Waals surface area (Å²) in [6.07, 6.45) is 5.55. The van der Waals surface area contributed by atoms with Gasteiger partial charge in [0.25, 0.3) is 5.91 Å². The van der Waals surface area contributed by atoms with Crippen molar-refractivity contribution in [2.45, 2.75) is 31.7 Å². The molecule has 2 amide bonds. The third kappa shape index (κ3) is 5.58. The molecule has 0 bridgehead atoms. The molecule has 1 aromatic carbocycles. The summed E-state index contributed by atoms with van der Waals surface area (Å²) in [7, 11) is 0. The number of para-hydroxylation sites is 1. The van der Waals surface area contributed by atoms with Crippen LogP contribution in [-0.2, 0) is 17.8 Å². The predicted octanol–water partition coefficient (Wildman–Crippen LogP) is 3.48. The lowest BCUT2D eigenvalue weighted by atomic mass is 9.97. The second kappa shape index (κ2) is 10.9. The standard InChI is InChI=1S/C25H26N6O3S2/c32-22(12-17-13-26-20-6-2-1-5-19(17)20)31-9-7-16(8-10-31)24-28-21(15-36-24)23(33)29-30-25(35)27-14-18-4-3-11-34-18/h1-6,11,13,15-16,26H,7-10,12,14H2,(H,29,33)(H2,27,30,35). The number of hydrogen-bond donors (Lipinski definition) is 4. The fourth-order valence-corrected chi connectivity index (χ4v) is 5.40. The number of thiazole rings is 1. The number of piperidine rings is 1. The highest BCUT2D eigenvalue weighted by molar-refractivity contribution is 7.80. The molecule has 9 nitrogen and oxygen atoms in total. The van der Waals surface area contributed by atoms with Crippen LogP contribution in [0.15, 0.2) is 58.7 Å². The maximum absolute atomic E-state index is 12.9. The fourth-order valence-electron chi connectivity index (χ4n) is 4.31. The number of nitrogens with one attached hydrogen (secondary N) is 4. The van der Waals surface area contributed by atoms with Crippen molar-refractivity contribution in [3.8, 4) is 0 Å². The number of fused-ring (bicyclic) bond motifs is 1. The number of carbonyl (C=O) groups is 2. The summed E-state index contributed by atoms with van der Waals surface area (Å²) in [5.74, 6) is 0.754. The second-order valence-corrected chi connectivity index (χ2v) is 9.90. The van der Waals surface area contributed by atoms with Gasteiger partial charge in [0.05, 0.1) is 24.2 Å². The zero-order valence-electron chi connectivity index (χ0n) is 19.5. The normalized spacial score (nSPS) is 14.1. The number of carbonyl (C=O) groups excluding carboxylic acids is 2. The van der Waals surface area contributed by atoms with Crippen molar-refractivity contribution in [1.82, 2.24) is 31.0 Å². The van der Waals surface area contributed by atoms with Gasteiger partial charge in [-0.05, 0) is 48.8 Å². The van der Waals surface area contributed by atoms with Gasteiger partial charge >= 0.3 is 0 Å². The average Bonchev–Trinajstić information content (AvgIpc) is 3.68. The number of aromatic amines is 1. The number of nitrogens with zero attached hydrogens (tertiary/aromatic N) is 2. The van der Waals surface area contributed by atoms with Crippen LogP contribution in [0.3, 0.4) is 0 Å². The van der Waals surface area contributed by atoms with Gasteiger partial charge in [0.1, 0.15) is 11.5 Å². The molecule has 0 spiro atoms. The molecule has 186 valence electrons. The maximum Gasteiger partial charge on any atom is 0.289 e. The minimum atomic E-state index is -0.356. The van der Waals surface area contributed by atoms with E-state index < -0.39 is 0 Å². The zero-order chi connectivity index (χ0) is 24.9. The molecule has 1 aliphatic rings. The van der Waals surface area contributed by atoms with Crippen molar-refractivity contribution >= 4 is 51.4 Å². The van der Waals surface area contributed by atoms with E-state index in [0.717, 1.165) is 40.1 Å². The molecule has 0 atom stereocenters. The molecule has 4 aromatic rings. The summed E-state index contributed by atoms with van der Waals surface area (Å²) in [5, 5.41) is 6.99. The van der Waals surface area contributed by atoms with Gasteiger partial charge in [-0.25, -0.2) is 4.98 Å². The Balaban J connectivity index is 1.08. The van der Waals surface area contributed by atoms with Crippen LogP contribution in [0.2, 0.25) is 0 Å². The summed E-state index contributed by atoms with van der Waals surface area (Å²) in [5.41, 5.74) is 7.66. The number of amides is 2. The first-order valence-corrected chi connectivity index (χ1v) is 13.0. The molecule has 0 saturated carbocycles. The smallest absolute Gasteiger partial charge is 0.289 e. The number of aromatic nitrogens is 2. The van der Waals surface area contributed by atoms with E-state index >= 15 is 0 Å². The molecular formula is C25H26N6O3S2. The topological polar surface area (TPSA) is 115 Å². The zero-order valence-corrected chi connectivity index (χ0v) is 21.1. The van der Waals surface area contributed by atoms with E-state index in [4.69, 9.17) is 16.6 Å². The Labute approximate surface area is 217 Å². The van der Waals surface area contributed by atoms with Crippen LogP contribution < -0.4 is 16.2 Å². The van der Waals surface area contributed by atoms with Crippen molar-refractivity contribution in [3.63, 3.8) is 0 Å². The van der Waals surface area contributed by atoms with Crippen LogP contribution in [0.25, 0.3) is 10.9 Å². The van der Waals surface area contributed by atoms with Crippen LogP contribution in [0.4, 0.5) is 0 Å². The van der Waals surface area contributed by atoms with Crippen LogP contribution in [-0.4, -0.2) is 44.9 Å². The van der Waals surface area contributed by atoms with Crippen molar-refractivity contribution in [2.75, 3.05) is 13.1 Å². The fraction of sp³-hybridized carbons (Fsp3) is 0.280. The van der Waals surface area contributed by atoms with Gasteiger partial charge < -0.3 is 19.6 Å². The monoisotopic (exact) mass is 522 g/mol. The number of rotatable bonds is 6. The van der Waals surface area contributed by atoms with Crippen LogP contribution in [0.5, 0.6) is 0 Å². The average molecular weight is 523 g/mol. The van der Waals surface area contributed by atoms with Gasteiger partial charge in [-0.1, -0.05) is 18.2 Å². The lowest BCUT2D eigenvalue weighted by Crippen LogP contribution is -2.46. The van der Waals surface area contributed by atoms with E-state index in [0.29, 0.717) is 31.7 Å². The molecule has 4 N–H and O–H groups in total. The molecule has 0 unspecified atom stereocenters. The molecule has 4 heterocycles. The lowest BCUT2D eigenvalue weighted by molar-refractivity contribution is -0.131. The molecule has 0 radical (unpaired) electrons. The molecule has 5 rings (SSSR count). The van der Waals surface area contributed by atoms with Gasteiger partial charge in [-0.15, -0.1) is 11.3 Å². The van der Waals surface area contributed by atoms with Crippen LogP contribution in [0, 0.1) is 0 Å². The number of thiocarbonyl (C=S) groups is 1. The van der Waals surface area contributed by atoms with Crippen LogP contribution in [0.1, 0.15) is 45.6 Å². The van der Waals surface area contributed by atoms with E-state index in [1.54, 1.807) is 17.7 Å². The first kappa shape index (κ1) is 24.0. The number of likely N-dealkylation sites (tertiary alicyclic amines) is 1. The third-order valence-electron chi connectivity index (χ3n) is 6.26. The molecule has 0 aliphatic carbocycles. The minimum absolute atomic E-state index is 0.139. The molecule has 11 heteroatoms. The Hall–Kier alpha value is -3.70. The molecular weight excluding hydrogens is 496 g/mol. The van der Waals surface area contributed by atoms with E-state index in [-0.39, 0.29) is 22.8 Å². The predicted molar refractivity (Wildman–Crippen MR) is 141 cm³/mol. The molecule has 3 aromatic heterocycles. The highest BCUT2D eigenvalue weighted by Crippen LogP contribution is 2.31. The second-order valence-electron chi connectivity index (χ2n) is 8.60. The third-order valence-corrected chi connectivity index (χ3v) is 7.51. The summed E-state index contributed by atoms with van der Waals surface area (Å²) in [6, 6.07) is 11.6. The van der Waals surface area contributed by atoms with E-state index in [9.17, 15) is 9.59 Å². The summed E-state index contributed by atoms with van der Waals surface area (Å²) in [4.78, 5) is 35.1. The molecule has 1 saturated heterocycles. The summed E-state index contributed by atoms with van der Waals surface area (Å²) in [6.45, 7) is 1.78. The molecule has 36 heavy (non-hydrogen) atoms. The number of H-pyrrole nitrogens is 1. The van der Waals surface area contributed by atoms with Crippen molar-refractivity contribution in [3.05, 3.63) is 76.3 Å². The molecule has 1 aliphatic heterocycles. The Kier molecular flexibility index (Phi) is 7.28. The lowest BCUT2D eigenvalue weighted by Gasteiger charge is -2.31. The molecule has 1 fully saturated rings. The highest BCUT2D eigenvalue weighted by atomic mass is 32.1. The van der Waals surface area contributed by atoms with Crippen LogP contribution >= 0.6 is 23.6 Å². The number of hydrogen-bond acceptors (Lipinski definition) is 6. The Morgan fingerprint density at radius 2 is 2.00 bits per heavy atom. The minimum Gasteiger partial charge on any atom is -0.467 e. The SMILES string of the molecule is O=C(NNC(=S)NCc1ccco1)c1csc(C2CCN(C(=O)Cc3c[nH]c4ccccc34)CC2)n1. The number of benzene rings is 1. The summed E-state index contributed by atoms with van der Waals surface area (Å²) < 4.78 is 5.23. The van der Waals surface area contributed by atoms with Crippen molar-refractivity contribution < 1.29 is 14.0 Å². The van der Waals surface area contributed by atoms with E-state index in [2.05, 4.69) is 26.1 Å². The maximum atomic E-state index is 12.9. The number of furan rings is 1. The van der Waals surface area contributed by atoms with Crippen molar-refractivity contribution in [1.29, 1.82) is 0 Å². The Morgan fingerprint density at radius 1 is 1.17 bits per heavy atom. The van der Waals surface area contributed by atoms with Gasteiger partial charge in [0, 0.05) is 41.5 Å². The Bertz CT molecular complexity index is 1360. The van der Waals surface area contributed by atoms with Gasteiger partial charge in [-0.2, -0.15) is 0 Å². The van der Waals surface area contributed by atoms with Gasteiger partial charge in [0.15, 0.2) is 5.11 Å². The largest absolute Gasteiger partial charge is 0.467 e. The van der Waals surface area contributed by atoms with Crippen molar-refractivity contribution in [2.24, 2.45) is 0 Å². The Morgan fingerprint density at radius 3 is 2.81 bits per heavy atom. The summed E-state index contributed by atoms with van der Waals surface area (Å²) >= 11 is 6.64. The highest BCUT2D eigenvalue weighted by Gasteiger charge is 2.26. The van der Waals surface area contributed by atoms with E-state index in [1.807, 2.05) is 41.4 Å². The number of hydrazine groups is 1. The quantitative estimate of drug-likeness (QED) is 0.226.